The van der Waals surface area contributed by atoms with E-state index in [2.05, 4.69) is 43.9 Å². The number of likely N-dealkylation sites (N-methyl/N-ethyl adjacent to an activating group) is 1. The summed E-state index contributed by atoms with van der Waals surface area (Å²) in [6.45, 7) is 11.2. The summed E-state index contributed by atoms with van der Waals surface area (Å²) in [5.41, 5.74) is 3.61. The van der Waals surface area contributed by atoms with Crippen LogP contribution in [-0.2, 0) is 11.2 Å². The summed E-state index contributed by atoms with van der Waals surface area (Å²) >= 11 is 0. The number of aryl methyl sites for hydroxylation is 2. The van der Waals surface area contributed by atoms with Gasteiger partial charge in [-0.2, -0.15) is 0 Å². The van der Waals surface area contributed by atoms with Crippen LogP contribution in [-0.4, -0.2) is 48.4 Å². The molecule has 1 saturated heterocycles. The van der Waals surface area contributed by atoms with Crippen LogP contribution in [0.5, 0.6) is 0 Å². The van der Waals surface area contributed by atoms with E-state index in [4.69, 9.17) is 0 Å². The van der Waals surface area contributed by atoms with E-state index in [1.165, 1.54) is 16.7 Å². The maximum atomic E-state index is 12.3. The van der Waals surface area contributed by atoms with Crippen LogP contribution in [0.4, 0.5) is 0 Å². The number of piperazine rings is 1. The Morgan fingerprint density at radius 1 is 1.16 bits per heavy atom. The largest absolute Gasteiger partial charge is 0.340 e. The van der Waals surface area contributed by atoms with Crippen molar-refractivity contribution in [2.24, 2.45) is 0 Å². The number of carbonyl (C=O) groups excluding carboxylic acids is 1. The molecule has 0 atom stereocenters. The third kappa shape index (κ3) is 3.57. The van der Waals surface area contributed by atoms with Crippen LogP contribution >= 0.6 is 0 Å². The molecule has 1 heterocycles. The molecule has 0 N–H and O–H groups in total. The highest BCUT2D eigenvalue weighted by Crippen LogP contribution is 2.13. The van der Waals surface area contributed by atoms with Gasteiger partial charge in [-0.3, -0.25) is 4.79 Å². The molecule has 1 aromatic carbocycles. The third-order valence-electron chi connectivity index (χ3n) is 4.02. The summed E-state index contributed by atoms with van der Waals surface area (Å²) in [6.07, 6.45) is 0.541. The minimum atomic E-state index is 0.268. The molecule has 0 radical (unpaired) electrons. The minimum absolute atomic E-state index is 0.268. The Bertz CT molecular complexity index is 448. The van der Waals surface area contributed by atoms with Crippen molar-refractivity contribution in [1.82, 2.24) is 9.80 Å². The molecule has 0 aliphatic carbocycles. The highest BCUT2D eigenvalue weighted by Gasteiger charge is 2.20. The summed E-state index contributed by atoms with van der Waals surface area (Å²) in [6, 6.07) is 6.34. The Labute approximate surface area is 116 Å². The van der Waals surface area contributed by atoms with E-state index in [1.807, 2.05) is 4.90 Å². The van der Waals surface area contributed by atoms with E-state index in [0.29, 0.717) is 6.42 Å². The normalized spacial score (nSPS) is 16.7. The van der Waals surface area contributed by atoms with E-state index in [0.717, 1.165) is 32.7 Å². The number of hydrogen-bond acceptors (Lipinski definition) is 2. The SMILES string of the molecule is CCN1CCN(C(=O)Cc2cc(C)ccc2C)CC1. The van der Waals surface area contributed by atoms with Gasteiger partial charge in [0.2, 0.25) is 5.91 Å². The Hall–Kier alpha value is -1.35. The zero-order valence-corrected chi connectivity index (χ0v) is 12.3. The molecule has 1 aliphatic heterocycles. The lowest BCUT2D eigenvalue weighted by molar-refractivity contribution is -0.132. The predicted molar refractivity (Wildman–Crippen MR) is 78.3 cm³/mol. The number of nitrogens with zero attached hydrogens (tertiary/aromatic N) is 2. The smallest absolute Gasteiger partial charge is 0.227 e. The van der Waals surface area contributed by atoms with Crippen molar-refractivity contribution in [2.75, 3.05) is 32.7 Å². The lowest BCUT2D eigenvalue weighted by atomic mass is 10.0. The first-order chi connectivity index (χ1) is 9.10. The van der Waals surface area contributed by atoms with Gasteiger partial charge in [0.1, 0.15) is 0 Å². The highest BCUT2D eigenvalue weighted by molar-refractivity contribution is 5.79. The first kappa shape index (κ1) is 14.1. The minimum Gasteiger partial charge on any atom is -0.340 e. The first-order valence-electron chi connectivity index (χ1n) is 7.16. The second kappa shape index (κ2) is 6.20. The maximum absolute atomic E-state index is 12.3. The monoisotopic (exact) mass is 260 g/mol. The van der Waals surface area contributed by atoms with Crippen LogP contribution in [0.3, 0.4) is 0 Å². The van der Waals surface area contributed by atoms with Crippen molar-refractivity contribution in [1.29, 1.82) is 0 Å². The van der Waals surface area contributed by atoms with Crippen molar-refractivity contribution < 1.29 is 4.79 Å². The van der Waals surface area contributed by atoms with Crippen LogP contribution < -0.4 is 0 Å². The summed E-state index contributed by atoms with van der Waals surface area (Å²) < 4.78 is 0. The molecule has 0 unspecified atom stereocenters. The van der Waals surface area contributed by atoms with Gasteiger partial charge in [-0.1, -0.05) is 30.7 Å². The lowest BCUT2D eigenvalue weighted by Crippen LogP contribution is -2.48. The summed E-state index contributed by atoms with van der Waals surface area (Å²) in [7, 11) is 0. The van der Waals surface area contributed by atoms with Crippen LogP contribution in [0, 0.1) is 13.8 Å². The van der Waals surface area contributed by atoms with Gasteiger partial charge >= 0.3 is 0 Å². The zero-order valence-electron chi connectivity index (χ0n) is 12.3. The van der Waals surface area contributed by atoms with E-state index < -0.39 is 0 Å². The highest BCUT2D eigenvalue weighted by atomic mass is 16.2. The Morgan fingerprint density at radius 3 is 2.47 bits per heavy atom. The number of rotatable bonds is 3. The van der Waals surface area contributed by atoms with Gasteiger partial charge in [0.05, 0.1) is 6.42 Å². The molecule has 0 aromatic heterocycles. The van der Waals surface area contributed by atoms with Crippen LogP contribution in [0.15, 0.2) is 18.2 Å². The fourth-order valence-corrected chi connectivity index (χ4v) is 2.58. The number of carbonyl (C=O) groups is 1. The van der Waals surface area contributed by atoms with Crippen LogP contribution in [0.1, 0.15) is 23.6 Å². The second-order valence-electron chi connectivity index (χ2n) is 5.42. The van der Waals surface area contributed by atoms with Gasteiger partial charge in [-0.15, -0.1) is 0 Å². The number of hydrogen-bond donors (Lipinski definition) is 0. The second-order valence-corrected chi connectivity index (χ2v) is 5.42. The fourth-order valence-electron chi connectivity index (χ4n) is 2.58. The lowest BCUT2D eigenvalue weighted by Gasteiger charge is -2.34. The molecule has 1 aromatic rings. The van der Waals surface area contributed by atoms with E-state index in [1.54, 1.807) is 0 Å². The van der Waals surface area contributed by atoms with Gasteiger partial charge in [0.25, 0.3) is 0 Å². The number of amides is 1. The zero-order chi connectivity index (χ0) is 13.8. The average Bonchev–Trinajstić information content (AvgIpc) is 2.43. The van der Waals surface area contributed by atoms with Gasteiger partial charge < -0.3 is 9.80 Å². The van der Waals surface area contributed by atoms with Crippen molar-refractivity contribution in [3.05, 3.63) is 34.9 Å². The summed E-state index contributed by atoms with van der Waals surface area (Å²) in [5, 5.41) is 0. The molecule has 1 amide bonds. The molecule has 104 valence electrons. The Balaban J connectivity index is 1.96. The van der Waals surface area contributed by atoms with Crippen molar-refractivity contribution in [2.45, 2.75) is 27.2 Å². The quantitative estimate of drug-likeness (QED) is 0.830. The van der Waals surface area contributed by atoms with E-state index in [-0.39, 0.29) is 5.91 Å². The summed E-state index contributed by atoms with van der Waals surface area (Å²) in [4.78, 5) is 16.7. The molecule has 3 nitrogen and oxygen atoms in total. The fraction of sp³-hybridized carbons (Fsp3) is 0.562. The molecule has 3 heteroatoms. The molecule has 2 rings (SSSR count). The van der Waals surface area contributed by atoms with E-state index >= 15 is 0 Å². The Morgan fingerprint density at radius 2 is 1.84 bits per heavy atom. The maximum Gasteiger partial charge on any atom is 0.227 e. The topological polar surface area (TPSA) is 23.6 Å². The molecule has 0 spiro atoms. The van der Waals surface area contributed by atoms with Gasteiger partial charge in [-0.25, -0.2) is 0 Å². The molecule has 1 aliphatic rings. The van der Waals surface area contributed by atoms with Crippen LogP contribution in [0.25, 0.3) is 0 Å². The van der Waals surface area contributed by atoms with Crippen molar-refractivity contribution >= 4 is 5.91 Å². The van der Waals surface area contributed by atoms with Gasteiger partial charge in [0.15, 0.2) is 0 Å². The van der Waals surface area contributed by atoms with Crippen molar-refractivity contribution in [3.63, 3.8) is 0 Å². The first-order valence-corrected chi connectivity index (χ1v) is 7.16. The van der Waals surface area contributed by atoms with Gasteiger partial charge in [-0.05, 0) is 31.5 Å². The molecule has 0 bridgehead atoms. The summed E-state index contributed by atoms with van der Waals surface area (Å²) in [5.74, 6) is 0.268. The molecule has 19 heavy (non-hydrogen) atoms. The Kier molecular flexibility index (Phi) is 4.59. The van der Waals surface area contributed by atoms with E-state index in [9.17, 15) is 4.79 Å². The average molecular weight is 260 g/mol. The van der Waals surface area contributed by atoms with Crippen LogP contribution in [0.2, 0.25) is 0 Å². The third-order valence-corrected chi connectivity index (χ3v) is 4.02. The molecular weight excluding hydrogens is 236 g/mol. The standard InChI is InChI=1S/C16H24N2O/c1-4-17-7-9-18(10-8-17)16(19)12-15-11-13(2)5-6-14(15)3/h5-6,11H,4,7-10,12H2,1-3H3. The molecular formula is C16H24N2O. The number of benzene rings is 1. The molecule has 1 fully saturated rings. The predicted octanol–water partition coefficient (Wildman–Crippen LogP) is 2.01. The molecule has 0 saturated carbocycles. The van der Waals surface area contributed by atoms with Gasteiger partial charge in [0, 0.05) is 26.2 Å². The van der Waals surface area contributed by atoms with Crippen molar-refractivity contribution in [3.8, 4) is 0 Å².